The molecule has 0 radical (unpaired) electrons. The van der Waals surface area contributed by atoms with Gasteiger partial charge in [-0.3, -0.25) is 0 Å². The molecule has 0 amide bonds. The number of hydrogen-bond acceptors (Lipinski definition) is 4. The second kappa shape index (κ2) is 8.81. The highest BCUT2D eigenvalue weighted by atomic mass is 19.1. The monoisotopic (exact) mass is 425 g/mol. The van der Waals surface area contributed by atoms with E-state index in [2.05, 4.69) is 32.7 Å². The maximum Gasteiger partial charge on any atom is 0.138 e. The number of piperidine rings is 1. The van der Waals surface area contributed by atoms with Crippen LogP contribution in [0.3, 0.4) is 0 Å². The molecule has 5 nitrogen and oxygen atoms in total. The highest BCUT2D eigenvalue weighted by molar-refractivity contribution is 5.94. The molecule has 2 aromatic carbocycles. The molecule has 4 aromatic rings. The Morgan fingerprint density at radius 1 is 1.06 bits per heavy atom. The van der Waals surface area contributed by atoms with Gasteiger partial charge in [-0.25, -0.2) is 9.37 Å². The number of pyridine rings is 1. The molecule has 0 bridgehead atoms. The number of hydrogen-bond donors (Lipinski definition) is 3. The zero-order chi connectivity index (χ0) is 21.9. The molecule has 160 valence electrons. The number of fused-ring (bicyclic) bond motifs is 1. The van der Waals surface area contributed by atoms with Gasteiger partial charge in [-0.2, -0.15) is 5.26 Å². The van der Waals surface area contributed by atoms with Crippen LogP contribution in [0.4, 0.5) is 10.1 Å². The fraction of sp³-hybridized carbons (Fsp3) is 0.231. The topological polar surface area (TPSA) is 76.5 Å². The van der Waals surface area contributed by atoms with Crippen molar-refractivity contribution < 1.29 is 4.39 Å². The number of nitrogens with one attached hydrogen (secondary N) is 3. The van der Waals surface area contributed by atoms with Crippen LogP contribution in [0.1, 0.15) is 35.6 Å². The Bertz CT molecular complexity index is 1300. The first-order valence-corrected chi connectivity index (χ1v) is 10.9. The number of halogens is 1. The summed E-state index contributed by atoms with van der Waals surface area (Å²) in [6, 6.07) is 18.7. The summed E-state index contributed by atoms with van der Waals surface area (Å²) in [5.41, 5.74) is 5.79. The number of nitrogens with zero attached hydrogens (tertiary/aromatic N) is 2. The van der Waals surface area contributed by atoms with Gasteiger partial charge in [0, 0.05) is 41.0 Å². The molecule has 0 saturated carbocycles. The lowest BCUT2D eigenvalue weighted by molar-refractivity contribution is 0.455. The minimum Gasteiger partial charge on any atom is -0.381 e. The molecule has 1 saturated heterocycles. The Morgan fingerprint density at radius 3 is 2.78 bits per heavy atom. The number of nitriles is 1. The summed E-state index contributed by atoms with van der Waals surface area (Å²) in [5, 5.41) is 16.8. The summed E-state index contributed by atoms with van der Waals surface area (Å²) in [7, 11) is 0. The van der Waals surface area contributed by atoms with E-state index in [1.165, 1.54) is 11.8 Å². The summed E-state index contributed by atoms with van der Waals surface area (Å²) in [6.07, 6.45) is 3.90. The van der Waals surface area contributed by atoms with E-state index in [0.717, 1.165) is 53.8 Å². The molecule has 0 atom stereocenters. The predicted octanol–water partition coefficient (Wildman–Crippen LogP) is 5.32. The average molecular weight is 426 g/mol. The van der Waals surface area contributed by atoms with Crippen molar-refractivity contribution in [1.29, 1.82) is 5.26 Å². The first-order valence-electron chi connectivity index (χ1n) is 10.9. The average Bonchev–Trinajstić information content (AvgIpc) is 3.29. The molecule has 1 aliphatic heterocycles. The molecule has 3 heterocycles. The van der Waals surface area contributed by atoms with Gasteiger partial charge < -0.3 is 15.6 Å². The summed E-state index contributed by atoms with van der Waals surface area (Å²) in [5.74, 6) is 0.208. The molecule has 1 aliphatic rings. The van der Waals surface area contributed by atoms with E-state index < -0.39 is 0 Å². The van der Waals surface area contributed by atoms with Crippen molar-refractivity contribution in [1.82, 2.24) is 15.3 Å². The molecular weight excluding hydrogens is 401 g/mol. The zero-order valence-electron chi connectivity index (χ0n) is 17.7. The maximum absolute atomic E-state index is 14.9. The van der Waals surface area contributed by atoms with Crippen LogP contribution in [0.5, 0.6) is 0 Å². The van der Waals surface area contributed by atoms with E-state index in [1.54, 1.807) is 18.3 Å². The van der Waals surface area contributed by atoms with E-state index >= 15 is 0 Å². The minimum atomic E-state index is -0.265. The third-order valence-electron chi connectivity index (χ3n) is 6.14. The van der Waals surface area contributed by atoms with Crippen LogP contribution < -0.4 is 10.6 Å². The van der Waals surface area contributed by atoms with Crippen LogP contribution in [0.15, 0.2) is 60.8 Å². The van der Waals surface area contributed by atoms with Gasteiger partial charge in [-0.1, -0.05) is 12.1 Å². The maximum atomic E-state index is 14.9. The largest absolute Gasteiger partial charge is 0.381 e. The van der Waals surface area contributed by atoms with Crippen molar-refractivity contribution in [2.75, 3.05) is 18.4 Å². The Hall–Kier alpha value is -3.69. The van der Waals surface area contributed by atoms with Gasteiger partial charge in [0.05, 0.1) is 11.6 Å². The predicted molar refractivity (Wildman–Crippen MR) is 125 cm³/mol. The molecular formula is C26H24FN5. The Morgan fingerprint density at radius 2 is 1.94 bits per heavy atom. The third kappa shape index (κ3) is 4.08. The molecule has 3 N–H and O–H groups in total. The van der Waals surface area contributed by atoms with E-state index in [0.29, 0.717) is 23.6 Å². The van der Waals surface area contributed by atoms with Crippen molar-refractivity contribution in [3.63, 3.8) is 0 Å². The number of aromatic nitrogens is 2. The van der Waals surface area contributed by atoms with E-state index in [9.17, 15) is 4.39 Å². The SMILES string of the molecule is N#Cc1cccc(CNc2ccc(F)c(-c3ccnc4[nH]c(C5CCNCC5)cc34)c2)c1. The van der Waals surface area contributed by atoms with Gasteiger partial charge in [-0.05, 0) is 79.5 Å². The minimum absolute atomic E-state index is 0.265. The lowest BCUT2D eigenvalue weighted by atomic mass is 9.94. The van der Waals surface area contributed by atoms with Crippen LogP contribution in [-0.2, 0) is 6.54 Å². The lowest BCUT2D eigenvalue weighted by Gasteiger charge is -2.21. The molecule has 0 aliphatic carbocycles. The highest BCUT2D eigenvalue weighted by Gasteiger charge is 2.19. The molecule has 5 rings (SSSR count). The first kappa shape index (κ1) is 20.2. The normalized spacial score (nSPS) is 14.4. The molecule has 0 spiro atoms. The first-order chi connectivity index (χ1) is 15.7. The van der Waals surface area contributed by atoms with E-state index in [-0.39, 0.29) is 5.82 Å². The fourth-order valence-electron chi connectivity index (χ4n) is 4.43. The number of H-pyrrole nitrogens is 1. The van der Waals surface area contributed by atoms with Crippen LogP contribution in [-0.4, -0.2) is 23.1 Å². The smallest absolute Gasteiger partial charge is 0.138 e. The summed E-state index contributed by atoms with van der Waals surface area (Å²) in [4.78, 5) is 7.96. The zero-order valence-corrected chi connectivity index (χ0v) is 17.7. The van der Waals surface area contributed by atoms with Gasteiger partial charge in [0.2, 0.25) is 0 Å². The summed E-state index contributed by atoms with van der Waals surface area (Å²) < 4.78 is 14.9. The molecule has 2 aromatic heterocycles. The summed E-state index contributed by atoms with van der Waals surface area (Å²) in [6.45, 7) is 2.58. The van der Waals surface area contributed by atoms with Crippen LogP contribution in [0, 0.1) is 17.1 Å². The van der Waals surface area contributed by atoms with Gasteiger partial charge in [0.25, 0.3) is 0 Å². The number of anilines is 1. The fourth-order valence-corrected chi connectivity index (χ4v) is 4.43. The quantitative estimate of drug-likeness (QED) is 0.404. The number of benzene rings is 2. The Labute approximate surface area is 186 Å². The second-order valence-corrected chi connectivity index (χ2v) is 8.23. The lowest BCUT2D eigenvalue weighted by Crippen LogP contribution is -2.26. The van der Waals surface area contributed by atoms with Gasteiger partial charge in [0.1, 0.15) is 11.5 Å². The number of aromatic amines is 1. The van der Waals surface area contributed by atoms with Gasteiger partial charge in [0.15, 0.2) is 0 Å². The summed E-state index contributed by atoms with van der Waals surface area (Å²) >= 11 is 0. The van der Waals surface area contributed by atoms with Crippen LogP contribution in [0.25, 0.3) is 22.2 Å². The van der Waals surface area contributed by atoms with Crippen LogP contribution >= 0.6 is 0 Å². The van der Waals surface area contributed by atoms with Crippen molar-refractivity contribution in [3.8, 4) is 17.2 Å². The van der Waals surface area contributed by atoms with E-state index in [4.69, 9.17) is 5.26 Å². The van der Waals surface area contributed by atoms with E-state index in [1.807, 2.05) is 30.3 Å². The second-order valence-electron chi connectivity index (χ2n) is 8.23. The van der Waals surface area contributed by atoms with Crippen molar-refractivity contribution in [2.45, 2.75) is 25.3 Å². The molecule has 0 unspecified atom stereocenters. The van der Waals surface area contributed by atoms with Gasteiger partial charge >= 0.3 is 0 Å². The molecule has 6 heteroatoms. The third-order valence-corrected chi connectivity index (χ3v) is 6.14. The number of rotatable bonds is 5. The van der Waals surface area contributed by atoms with Crippen molar-refractivity contribution >= 4 is 16.7 Å². The Balaban J connectivity index is 1.45. The van der Waals surface area contributed by atoms with Crippen molar-refractivity contribution in [3.05, 3.63) is 83.4 Å². The van der Waals surface area contributed by atoms with Gasteiger partial charge in [-0.15, -0.1) is 0 Å². The Kier molecular flexibility index (Phi) is 5.57. The molecule has 1 fully saturated rings. The van der Waals surface area contributed by atoms with Crippen LogP contribution in [0.2, 0.25) is 0 Å². The standard InChI is InChI=1S/C26H24FN5/c27-24-5-4-20(31-16-18-3-1-2-17(12-18)15-28)13-22(24)21-8-11-30-26-23(21)14-25(32-26)19-6-9-29-10-7-19/h1-5,8,11-14,19,29,31H,6-7,9-10,16H2,(H,30,32). The van der Waals surface area contributed by atoms with Crippen molar-refractivity contribution in [2.24, 2.45) is 0 Å². The highest BCUT2D eigenvalue weighted by Crippen LogP contribution is 2.34. The molecule has 32 heavy (non-hydrogen) atoms.